The van der Waals surface area contributed by atoms with Crippen molar-refractivity contribution >= 4 is 17.3 Å². The second kappa shape index (κ2) is 7.89. The summed E-state index contributed by atoms with van der Waals surface area (Å²) in [7, 11) is 0. The van der Waals surface area contributed by atoms with E-state index in [9.17, 15) is 14.9 Å². The number of amides is 1. The normalized spacial score (nSPS) is 10.2. The number of aromatic nitrogens is 1. The lowest BCUT2D eigenvalue weighted by Gasteiger charge is -2.10. The van der Waals surface area contributed by atoms with Crippen molar-refractivity contribution in [3.05, 3.63) is 94.3 Å². The van der Waals surface area contributed by atoms with Crippen molar-refractivity contribution in [3.63, 3.8) is 0 Å². The van der Waals surface area contributed by atoms with Gasteiger partial charge >= 0.3 is 5.69 Å². The zero-order valence-electron chi connectivity index (χ0n) is 13.7. The molecule has 0 bridgehead atoms. The molecule has 0 radical (unpaired) electrons. The smallest absolute Gasteiger partial charge is 0.323 e. The van der Waals surface area contributed by atoms with E-state index in [4.69, 9.17) is 4.74 Å². The van der Waals surface area contributed by atoms with Gasteiger partial charge in [0.2, 0.25) is 0 Å². The topological polar surface area (TPSA) is 94.4 Å². The Morgan fingerprint density at radius 1 is 1.08 bits per heavy atom. The van der Waals surface area contributed by atoms with Gasteiger partial charge in [-0.05, 0) is 29.8 Å². The molecule has 0 atom stereocenters. The first-order chi connectivity index (χ1) is 12.6. The van der Waals surface area contributed by atoms with Crippen LogP contribution < -0.4 is 10.1 Å². The maximum absolute atomic E-state index is 12.5. The highest BCUT2D eigenvalue weighted by Crippen LogP contribution is 2.32. The predicted octanol–water partition coefficient (Wildman–Crippen LogP) is 3.82. The van der Waals surface area contributed by atoms with Gasteiger partial charge in [-0.25, -0.2) is 0 Å². The highest BCUT2D eigenvalue weighted by atomic mass is 16.6. The van der Waals surface area contributed by atoms with Gasteiger partial charge in [-0.2, -0.15) is 0 Å². The van der Waals surface area contributed by atoms with Crippen molar-refractivity contribution in [2.45, 2.75) is 6.61 Å². The van der Waals surface area contributed by atoms with E-state index in [0.717, 1.165) is 5.56 Å². The van der Waals surface area contributed by atoms with Crippen LogP contribution in [0.4, 0.5) is 11.4 Å². The number of rotatable bonds is 6. The summed E-state index contributed by atoms with van der Waals surface area (Å²) >= 11 is 0. The first-order valence-corrected chi connectivity index (χ1v) is 7.80. The first-order valence-electron chi connectivity index (χ1n) is 7.80. The quantitative estimate of drug-likeness (QED) is 0.539. The molecule has 1 aromatic heterocycles. The van der Waals surface area contributed by atoms with Crippen molar-refractivity contribution < 1.29 is 14.5 Å². The Bertz CT molecular complexity index is 915. The molecule has 3 rings (SSSR count). The van der Waals surface area contributed by atoms with Crippen LogP contribution in [-0.2, 0) is 6.61 Å². The lowest BCUT2D eigenvalue weighted by atomic mass is 10.1. The average molecular weight is 349 g/mol. The van der Waals surface area contributed by atoms with E-state index in [1.165, 1.54) is 18.3 Å². The van der Waals surface area contributed by atoms with Gasteiger partial charge in [0, 0.05) is 6.20 Å². The summed E-state index contributed by atoms with van der Waals surface area (Å²) in [6.07, 6.45) is 3.02. The average Bonchev–Trinajstić information content (AvgIpc) is 2.67. The number of benzene rings is 2. The number of nitrogens with zero attached hydrogens (tertiary/aromatic N) is 2. The molecular weight excluding hydrogens is 334 g/mol. The Morgan fingerprint density at radius 3 is 2.58 bits per heavy atom. The summed E-state index contributed by atoms with van der Waals surface area (Å²) in [5.74, 6) is -0.562. The van der Waals surface area contributed by atoms with Gasteiger partial charge in [0.05, 0.1) is 16.8 Å². The first kappa shape index (κ1) is 17.1. The minimum absolute atomic E-state index is 0.0395. The van der Waals surface area contributed by atoms with Gasteiger partial charge < -0.3 is 10.1 Å². The van der Waals surface area contributed by atoms with Crippen LogP contribution in [0, 0.1) is 10.1 Å². The molecule has 0 spiro atoms. The highest BCUT2D eigenvalue weighted by molar-refractivity contribution is 6.07. The molecule has 0 fully saturated rings. The Morgan fingerprint density at radius 2 is 1.88 bits per heavy atom. The molecule has 0 aliphatic rings. The Labute approximate surface area is 149 Å². The number of carbonyl (C=O) groups is 1. The highest BCUT2D eigenvalue weighted by Gasteiger charge is 2.25. The van der Waals surface area contributed by atoms with Gasteiger partial charge in [-0.1, -0.05) is 36.4 Å². The van der Waals surface area contributed by atoms with Crippen LogP contribution in [0.1, 0.15) is 15.9 Å². The minimum atomic E-state index is -0.613. The Hall–Kier alpha value is -3.74. The van der Waals surface area contributed by atoms with E-state index in [1.807, 2.05) is 30.3 Å². The fourth-order valence-corrected chi connectivity index (χ4v) is 2.38. The number of ether oxygens (including phenoxy) is 1. The zero-order valence-corrected chi connectivity index (χ0v) is 13.7. The molecule has 0 unspecified atom stereocenters. The number of nitro benzene ring substituents is 1. The molecule has 0 aliphatic carbocycles. The van der Waals surface area contributed by atoms with E-state index in [2.05, 4.69) is 10.3 Å². The summed E-state index contributed by atoms with van der Waals surface area (Å²) in [4.78, 5) is 27.3. The number of nitrogens with one attached hydrogen (secondary N) is 1. The summed E-state index contributed by atoms with van der Waals surface area (Å²) < 4.78 is 5.59. The number of nitro groups is 1. The van der Waals surface area contributed by atoms with Crippen LogP contribution in [0.5, 0.6) is 5.75 Å². The number of carbonyl (C=O) groups excluding carboxylic acids is 1. The van der Waals surface area contributed by atoms with Crippen LogP contribution in [0.15, 0.2) is 73.1 Å². The molecule has 0 saturated heterocycles. The molecule has 130 valence electrons. The zero-order chi connectivity index (χ0) is 18.4. The van der Waals surface area contributed by atoms with E-state index < -0.39 is 10.8 Å². The minimum Gasteiger partial charge on any atom is -0.482 e. The number of para-hydroxylation sites is 1. The summed E-state index contributed by atoms with van der Waals surface area (Å²) in [5.41, 5.74) is 0.864. The molecule has 2 aromatic carbocycles. The van der Waals surface area contributed by atoms with Crippen molar-refractivity contribution in [1.29, 1.82) is 0 Å². The van der Waals surface area contributed by atoms with Crippen LogP contribution in [-0.4, -0.2) is 15.8 Å². The lowest BCUT2D eigenvalue weighted by molar-refractivity contribution is -0.386. The molecule has 7 nitrogen and oxygen atoms in total. The Balaban J connectivity index is 1.86. The van der Waals surface area contributed by atoms with Gasteiger partial charge in [-0.3, -0.25) is 19.9 Å². The second-order valence-corrected chi connectivity index (χ2v) is 5.38. The van der Waals surface area contributed by atoms with E-state index in [0.29, 0.717) is 5.69 Å². The van der Waals surface area contributed by atoms with Crippen molar-refractivity contribution in [2.75, 3.05) is 5.32 Å². The van der Waals surface area contributed by atoms with E-state index >= 15 is 0 Å². The maximum atomic E-state index is 12.5. The lowest BCUT2D eigenvalue weighted by Crippen LogP contribution is -2.14. The summed E-state index contributed by atoms with van der Waals surface area (Å²) in [5, 5.41) is 14.1. The van der Waals surface area contributed by atoms with E-state index in [1.54, 1.807) is 24.4 Å². The van der Waals surface area contributed by atoms with Crippen LogP contribution >= 0.6 is 0 Å². The van der Waals surface area contributed by atoms with Crippen LogP contribution in [0.2, 0.25) is 0 Å². The SMILES string of the molecule is O=C(Nc1cccnc1)c1cccc(OCc2ccccc2)c1[N+](=O)[O-]. The third-order valence-electron chi connectivity index (χ3n) is 3.58. The van der Waals surface area contributed by atoms with Crippen LogP contribution in [0.25, 0.3) is 0 Å². The molecule has 1 N–H and O–H groups in total. The van der Waals surface area contributed by atoms with Crippen LogP contribution in [0.3, 0.4) is 0 Å². The van der Waals surface area contributed by atoms with Gasteiger partial charge in [0.25, 0.3) is 5.91 Å². The molecule has 0 aliphatic heterocycles. The largest absolute Gasteiger partial charge is 0.482 e. The molecule has 3 aromatic rings. The third-order valence-corrected chi connectivity index (χ3v) is 3.58. The third kappa shape index (κ3) is 4.02. The number of hydrogen-bond acceptors (Lipinski definition) is 5. The monoisotopic (exact) mass is 349 g/mol. The van der Waals surface area contributed by atoms with E-state index in [-0.39, 0.29) is 23.6 Å². The fourth-order valence-electron chi connectivity index (χ4n) is 2.38. The van der Waals surface area contributed by atoms with Crippen molar-refractivity contribution in [1.82, 2.24) is 4.98 Å². The second-order valence-electron chi connectivity index (χ2n) is 5.38. The molecule has 1 amide bonds. The molecule has 7 heteroatoms. The number of anilines is 1. The number of hydrogen-bond donors (Lipinski definition) is 1. The Kier molecular flexibility index (Phi) is 5.19. The summed E-state index contributed by atoms with van der Waals surface area (Å²) in [6.45, 7) is 0.162. The summed E-state index contributed by atoms with van der Waals surface area (Å²) in [6, 6.07) is 17.0. The predicted molar refractivity (Wildman–Crippen MR) is 96.1 cm³/mol. The molecule has 1 heterocycles. The fraction of sp³-hybridized carbons (Fsp3) is 0.0526. The molecule has 0 saturated carbocycles. The van der Waals surface area contributed by atoms with Gasteiger partial charge in [-0.15, -0.1) is 0 Å². The molecule has 26 heavy (non-hydrogen) atoms. The molecular formula is C19H15N3O4. The standard InChI is InChI=1S/C19H15N3O4/c23-19(21-15-8-5-11-20-12-15)16-9-4-10-17(18(16)22(24)25)26-13-14-6-2-1-3-7-14/h1-12H,13H2,(H,21,23). The van der Waals surface area contributed by atoms with Crippen molar-refractivity contribution in [3.8, 4) is 5.75 Å². The maximum Gasteiger partial charge on any atom is 0.323 e. The van der Waals surface area contributed by atoms with Gasteiger partial charge in [0.1, 0.15) is 12.2 Å². The van der Waals surface area contributed by atoms with Gasteiger partial charge in [0.15, 0.2) is 5.75 Å². The number of pyridine rings is 1. The van der Waals surface area contributed by atoms with Crippen molar-refractivity contribution in [2.24, 2.45) is 0 Å².